The quantitative estimate of drug-likeness (QED) is 0.539. The van der Waals surface area contributed by atoms with Crippen LogP contribution in [-0.4, -0.2) is 32.4 Å². The van der Waals surface area contributed by atoms with Crippen molar-refractivity contribution in [3.63, 3.8) is 0 Å². The molecule has 0 spiro atoms. The number of nitrogen functional groups attached to an aromatic ring is 1. The predicted molar refractivity (Wildman–Crippen MR) is 75.0 cm³/mol. The van der Waals surface area contributed by atoms with E-state index >= 15 is 0 Å². The van der Waals surface area contributed by atoms with Gasteiger partial charge in [-0.1, -0.05) is 0 Å². The standard InChI is InChI=1S/C12H13N5O2S/c13-4-1-5-15-11(18)7-20(19)12-16-9-3-2-8(14)6-10(9)17-12/h2-3,6H,1,5,7,14H2,(H,15,18)(H,16,17). The molecular formula is C12H13N5O2S. The summed E-state index contributed by atoms with van der Waals surface area (Å²) in [7, 11) is -1.56. The van der Waals surface area contributed by atoms with Crippen molar-refractivity contribution in [3.05, 3.63) is 18.2 Å². The van der Waals surface area contributed by atoms with Crippen molar-refractivity contribution in [2.24, 2.45) is 0 Å². The van der Waals surface area contributed by atoms with Crippen LogP contribution in [0.4, 0.5) is 5.69 Å². The fraction of sp³-hybridized carbons (Fsp3) is 0.250. The van der Waals surface area contributed by atoms with Crippen molar-refractivity contribution in [1.82, 2.24) is 15.3 Å². The second kappa shape index (κ2) is 6.16. The topological polar surface area (TPSA) is 125 Å². The van der Waals surface area contributed by atoms with Gasteiger partial charge in [-0.25, -0.2) is 4.98 Å². The first-order valence-corrected chi connectivity index (χ1v) is 7.19. The van der Waals surface area contributed by atoms with E-state index in [1.807, 2.05) is 6.07 Å². The van der Waals surface area contributed by atoms with Gasteiger partial charge in [0, 0.05) is 12.2 Å². The number of nitrogens with zero attached hydrogens (tertiary/aromatic N) is 2. The molecule has 1 unspecified atom stereocenters. The second-order valence-corrected chi connectivity index (χ2v) is 5.43. The Morgan fingerprint density at radius 3 is 3.10 bits per heavy atom. The number of nitriles is 1. The van der Waals surface area contributed by atoms with E-state index in [4.69, 9.17) is 11.0 Å². The third kappa shape index (κ3) is 3.33. The van der Waals surface area contributed by atoms with Crippen molar-refractivity contribution >= 4 is 33.4 Å². The van der Waals surface area contributed by atoms with Crippen molar-refractivity contribution in [1.29, 1.82) is 5.26 Å². The summed E-state index contributed by atoms with van der Waals surface area (Å²) in [5.41, 5.74) is 7.55. The lowest BCUT2D eigenvalue weighted by atomic mass is 10.3. The van der Waals surface area contributed by atoms with Crippen molar-refractivity contribution in [3.8, 4) is 6.07 Å². The molecule has 0 radical (unpaired) electrons. The van der Waals surface area contributed by atoms with Crippen molar-refractivity contribution in [2.75, 3.05) is 18.0 Å². The Hall–Kier alpha value is -2.40. The number of hydrogen-bond acceptors (Lipinski definition) is 5. The Morgan fingerprint density at radius 2 is 2.35 bits per heavy atom. The Bertz CT molecular complexity index is 703. The molecule has 0 saturated heterocycles. The number of rotatable bonds is 5. The van der Waals surface area contributed by atoms with E-state index in [2.05, 4.69) is 15.3 Å². The summed E-state index contributed by atoms with van der Waals surface area (Å²) in [4.78, 5) is 18.5. The van der Waals surface area contributed by atoms with E-state index in [1.54, 1.807) is 18.2 Å². The fourth-order valence-corrected chi connectivity index (χ4v) is 2.51. The smallest absolute Gasteiger partial charge is 0.233 e. The van der Waals surface area contributed by atoms with Crippen LogP contribution in [0.1, 0.15) is 6.42 Å². The molecule has 1 amide bonds. The maximum absolute atomic E-state index is 12.0. The largest absolute Gasteiger partial charge is 0.399 e. The maximum Gasteiger partial charge on any atom is 0.233 e. The molecule has 2 rings (SSSR count). The first-order valence-electron chi connectivity index (χ1n) is 5.87. The highest BCUT2D eigenvalue weighted by Gasteiger charge is 2.14. The molecular weight excluding hydrogens is 278 g/mol. The van der Waals surface area contributed by atoms with Gasteiger partial charge in [-0.15, -0.1) is 0 Å². The van der Waals surface area contributed by atoms with Crippen LogP contribution in [0.3, 0.4) is 0 Å². The Balaban J connectivity index is 2.04. The van der Waals surface area contributed by atoms with Crippen LogP contribution in [-0.2, 0) is 15.6 Å². The average Bonchev–Trinajstić information content (AvgIpc) is 2.82. The van der Waals surface area contributed by atoms with Crippen LogP contribution in [0, 0.1) is 11.3 Å². The number of fused-ring (bicyclic) bond motifs is 1. The number of anilines is 1. The zero-order chi connectivity index (χ0) is 14.5. The minimum atomic E-state index is -1.56. The molecule has 1 aromatic carbocycles. The highest BCUT2D eigenvalue weighted by atomic mass is 32.2. The van der Waals surface area contributed by atoms with E-state index in [0.717, 1.165) is 0 Å². The van der Waals surface area contributed by atoms with Crippen LogP contribution in [0.15, 0.2) is 23.4 Å². The first-order chi connectivity index (χ1) is 9.60. The van der Waals surface area contributed by atoms with Gasteiger partial charge in [0.15, 0.2) is 5.16 Å². The average molecular weight is 291 g/mol. The lowest BCUT2D eigenvalue weighted by Crippen LogP contribution is -2.29. The molecule has 2 aromatic rings. The Labute approximate surface area is 117 Å². The predicted octanol–water partition coefficient (Wildman–Crippen LogP) is 0.283. The highest BCUT2D eigenvalue weighted by Crippen LogP contribution is 2.16. The summed E-state index contributed by atoms with van der Waals surface area (Å²) in [6.45, 7) is 0.253. The molecule has 0 aliphatic rings. The first kappa shape index (κ1) is 14.0. The van der Waals surface area contributed by atoms with Crippen LogP contribution >= 0.6 is 0 Å². The summed E-state index contributed by atoms with van der Waals surface area (Å²) < 4.78 is 12.0. The molecule has 1 atom stereocenters. The van der Waals surface area contributed by atoms with Crippen LogP contribution in [0.25, 0.3) is 11.0 Å². The molecule has 7 nitrogen and oxygen atoms in total. The number of amides is 1. The summed E-state index contributed by atoms with van der Waals surface area (Å²) in [5, 5.41) is 11.1. The molecule has 0 saturated carbocycles. The third-order valence-corrected chi connectivity index (χ3v) is 3.67. The van der Waals surface area contributed by atoms with Gasteiger partial charge in [-0.2, -0.15) is 5.26 Å². The number of aromatic nitrogens is 2. The molecule has 20 heavy (non-hydrogen) atoms. The summed E-state index contributed by atoms with van der Waals surface area (Å²) in [6.07, 6.45) is 0.224. The van der Waals surface area contributed by atoms with Crippen LogP contribution in [0.2, 0.25) is 0 Å². The Morgan fingerprint density at radius 1 is 1.55 bits per heavy atom. The van der Waals surface area contributed by atoms with E-state index in [0.29, 0.717) is 16.7 Å². The lowest BCUT2D eigenvalue weighted by Gasteiger charge is -2.00. The normalized spacial score (nSPS) is 11.9. The number of benzene rings is 1. The molecule has 0 aliphatic heterocycles. The molecule has 1 heterocycles. The van der Waals surface area contributed by atoms with E-state index in [1.165, 1.54) is 0 Å². The summed E-state index contributed by atoms with van der Waals surface area (Å²) in [6, 6.07) is 7.02. The summed E-state index contributed by atoms with van der Waals surface area (Å²) >= 11 is 0. The number of imidazole rings is 1. The second-order valence-electron chi connectivity index (χ2n) is 4.07. The SMILES string of the molecule is N#CCCNC(=O)CS(=O)c1nc2ccc(N)cc2[nH]1. The number of H-pyrrole nitrogens is 1. The van der Waals surface area contributed by atoms with Crippen LogP contribution in [0.5, 0.6) is 0 Å². The number of nitrogens with two attached hydrogens (primary N) is 1. The number of nitrogens with one attached hydrogen (secondary N) is 2. The van der Waals surface area contributed by atoms with Crippen molar-refractivity contribution in [2.45, 2.75) is 11.6 Å². The van der Waals surface area contributed by atoms with Crippen LogP contribution < -0.4 is 11.1 Å². The number of carbonyl (C=O) groups is 1. The number of aromatic amines is 1. The van der Waals surface area contributed by atoms with E-state index in [9.17, 15) is 9.00 Å². The molecule has 8 heteroatoms. The maximum atomic E-state index is 12.0. The zero-order valence-electron chi connectivity index (χ0n) is 10.5. The zero-order valence-corrected chi connectivity index (χ0v) is 11.4. The molecule has 0 bridgehead atoms. The van der Waals surface area contributed by atoms with Crippen molar-refractivity contribution < 1.29 is 9.00 Å². The van der Waals surface area contributed by atoms with Gasteiger partial charge < -0.3 is 16.0 Å². The third-order valence-electron chi connectivity index (χ3n) is 2.52. The number of hydrogen-bond donors (Lipinski definition) is 3. The molecule has 0 fully saturated rings. The Kier molecular flexibility index (Phi) is 4.32. The van der Waals surface area contributed by atoms with Gasteiger partial charge in [0.1, 0.15) is 5.75 Å². The van der Waals surface area contributed by atoms with Gasteiger partial charge in [0.05, 0.1) is 34.3 Å². The minimum Gasteiger partial charge on any atom is -0.399 e. The van der Waals surface area contributed by atoms with Gasteiger partial charge in [-0.05, 0) is 18.2 Å². The lowest BCUT2D eigenvalue weighted by molar-refractivity contribution is -0.118. The van der Waals surface area contributed by atoms with E-state index < -0.39 is 10.8 Å². The highest BCUT2D eigenvalue weighted by molar-refractivity contribution is 7.85. The monoisotopic (exact) mass is 291 g/mol. The fourth-order valence-electron chi connectivity index (χ4n) is 1.61. The minimum absolute atomic E-state index is 0.194. The van der Waals surface area contributed by atoms with Gasteiger partial charge in [-0.3, -0.25) is 9.00 Å². The van der Waals surface area contributed by atoms with Gasteiger partial charge >= 0.3 is 0 Å². The number of carbonyl (C=O) groups excluding carboxylic acids is 1. The molecule has 0 aliphatic carbocycles. The molecule has 4 N–H and O–H groups in total. The summed E-state index contributed by atoms with van der Waals surface area (Å²) in [5.74, 6) is -0.570. The van der Waals surface area contributed by atoms with Gasteiger partial charge in [0.2, 0.25) is 5.91 Å². The molecule has 104 valence electrons. The molecule has 1 aromatic heterocycles. The van der Waals surface area contributed by atoms with E-state index in [-0.39, 0.29) is 29.8 Å². The van der Waals surface area contributed by atoms with Gasteiger partial charge in [0.25, 0.3) is 0 Å².